The average molecular weight is 278 g/mol. The Morgan fingerprint density at radius 2 is 2.10 bits per heavy atom. The SMILES string of the molecule is CCOC(=O)c1cccc(OCCN2CCCC2)c1N. The number of nitrogens with zero attached hydrogens (tertiary/aromatic N) is 1. The number of rotatable bonds is 6. The summed E-state index contributed by atoms with van der Waals surface area (Å²) in [4.78, 5) is 14.1. The molecule has 1 saturated heterocycles. The topological polar surface area (TPSA) is 64.8 Å². The number of likely N-dealkylation sites (tertiary alicyclic amines) is 1. The highest BCUT2D eigenvalue weighted by Crippen LogP contribution is 2.25. The molecule has 1 aliphatic rings. The van der Waals surface area contributed by atoms with Crippen LogP contribution >= 0.6 is 0 Å². The molecule has 0 bridgehead atoms. The van der Waals surface area contributed by atoms with E-state index in [0.717, 1.165) is 19.6 Å². The normalized spacial score (nSPS) is 15.2. The molecule has 110 valence electrons. The molecule has 2 N–H and O–H groups in total. The Balaban J connectivity index is 1.93. The van der Waals surface area contributed by atoms with Gasteiger partial charge < -0.3 is 15.2 Å². The van der Waals surface area contributed by atoms with Crippen LogP contribution in [-0.2, 0) is 4.74 Å². The Morgan fingerprint density at radius 1 is 1.35 bits per heavy atom. The summed E-state index contributed by atoms with van der Waals surface area (Å²) in [5, 5.41) is 0. The number of anilines is 1. The molecule has 0 radical (unpaired) electrons. The molecule has 0 spiro atoms. The maximum atomic E-state index is 11.7. The number of benzene rings is 1. The maximum Gasteiger partial charge on any atom is 0.340 e. The molecule has 5 heteroatoms. The first kappa shape index (κ1) is 14.7. The van der Waals surface area contributed by atoms with Crippen LogP contribution in [-0.4, -0.2) is 43.7 Å². The van der Waals surface area contributed by atoms with Gasteiger partial charge in [0.15, 0.2) is 0 Å². The van der Waals surface area contributed by atoms with Crippen LogP contribution in [0.5, 0.6) is 5.75 Å². The number of esters is 1. The summed E-state index contributed by atoms with van der Waals surface area (Å²) in [5.74, 6) is 0.143. The average Bonchev–Trinajstić information content (AvgIpc) is 2.94. The highest BCUT2D eigenvalue weighted by Gasteiger charge is 2.15. The molecule has 0 amide bonds. The molecule has 0 aromatic heterocycles. The van der Waals surface area contributed by atoms with Crippen molar-refractivity contribution in [3.05, 3.63) is 23.8 Å². The van der Waals surface area contributed by atoms with Crippen LogP contribution in [0.2, 0.25) is 0 Å². The van der Waals surface area contributed by atoms with E-state index in [4.69, 9.17) is 15.2 Å². The smallest absolute Gasteiger partial charge is 0.340 e. The van der Waals surface area contributed by atoms with E-state index >= 15 is 0 Å². The Morgan fingerprint density at radius 3 is 2.80 bits per heavy atom. The number of nitrogens with two attached hydrogens (primary N) is 1. The summed E-state index contributed by atoms with van der Waals surface area (Å²) >= 11 is 0. The number of ether oxygens (including phenoxy) is 2. The zero-order chi connectivity index (χ0) is 14.4. The van der Waals surface area contributed by atoms with Crippen molar-refractivity contribution < 1.29 is 14.3 Å². The van der Waals surface area contributed by atoms with Gasteiger partial charge in [-0.3, -0.25) is 4.90 Å². The van der Waals surface area contributed by atoms with Crippen LogP contribution in [0.1, 0.15) is 30.1 Å². The van der Waals surface area contributed by atoms with Crippen molar-refractivity contribution in [3.8, 4) is 5.75 Å². The van der Waals surface area contributed by atoms with Gasteiger partial charge in [0, 0.05) is 6.54 Å². The fourth-order valence-electron chi connectivity index (χ4n) is 2.35. The van der Waals surface area contributed by atoms with E-state index in [0.29, 0.717) is 30.2 Å². The maximum absolute atomic E-state index is 11.7. The third-order valence-electron chi connectivity index (χ3n) is 3.43. The van der Waals surface area contributed by atoms with Crippen LogP contribution in [0, 0.1) is 0 Å². The lowest BCUT2D eigenvalue weighted by Gasteiger charge is -2.16. The second-order valence-corrected chi connectivity index (χ2v) is 4.84. The Bertz CT molecular complexity index is 456. The zero-order valence-corrected chi connectivity index (χ0v) is 11.9. The molecule has 5 nitrogen and oxygen atoms in total. The van der Waals surface area contributed by atoms with Crippen molar-refractivity contribution in [2.45, 2.75) is 19.8 Å². The van der Waals surface area contributed by atoms with Crippen LogP contribution in [0.3, 0.4) is 0 Å². The van der Waals surface area contributed by atoms with Gasteiger partial charge in [0.1, 0.15) is 12.4 Å². The third-order valence-corrected chi connectivity index (χ3v) is 3.43. The first-order valence-corrected chi connectivity index (χ1v) is 7.13. The molecule has 1 heterocycles. The molecular formula is C15H22N2O3. The molecule has 1 fully saturated rings. The highest BCUT2D eigenvalue weighted by atomic mass is 16.5. The summed E-state index contributed by atoms with van der Waals surface area (Å²) in [5.41, 5.74) is 6.69. The minimum absolute atomic E-state index is 0.332. The van der Waals surface area contributed by atoms with Gasteiger partial charge in [-0.2, -0.15) is 0 Å². The van der Waals surface area contributed by atoms with Gasteiger partial charge in [0.2, 0.25) is 0 Å². The molecule has 0 atom stereocenters. The van der Waals surface area contributed by atoms with Gasteiger partial charge in [0.05, 0.1) is 17.9 Å². The first-order chi connectivity index (χ1) is 9.72. The Hall–Kier alpha value is -1.75. The third kappa shape index (κ3) is 3.63. The highest BCUT2D eigenvalue weighted by molar-refractivity contribution is 5.96. The lowest BCUT2D eigenvalue weighted by molar-refractivity contribution is 0.0527. The molecule has 2 rings (SSSR count). The molecule has 0 unspecified atom stereocenters. The second-order valence-electron chi connectivity index (χ2n) is 4.84. The summed E-state index contributed by atoms with van der Waals surface area (Å²) in [6.45, 7) is 5.85. The van der Waals surface area contributed by atoms with Crippen molar-refractivity contribution in [3.63, 3.8) is 0 Å². The summed E-state index contributed by atoms with van der Waals surface area (Å²) in [6, 6.07) is 5.19. The van der Waals surface area contributed by atoms with Gasteiger partial charge in [-0.1, -0.05) is 6.07 Å². The molecule has 1 aromatic carbocycles. The van der Waals surface area contributed by atoms with Gasteiger partial charge in [-0.15, -0.1) is 0 Å². The fraction of sp³-hybridized carbons (Fsp3) is 0.533. The van der Waals surface area contributed by atoms with Gasteiger partial charge in [-0.05, 0) is 45.0 Å². The van der Waals surface area contributed by atoms with Gasteiger partial charge in [-0.25, -0.2) is 4.79 Å². The van der Waals surface area contributed by atoms with Crippen molar-refractivity contribution in [2.75, 3.05) is 38.6 Å². The standard InChI is InChI=1S/C15H22N2O3/c1-2-19-15(18)12-6-5-7-13(14(12)16)20-11-10-17-8-3-4-9-17/h5-7H,2-4,8-11,16H2,1H3. The monoisotopic (exact) mass is 278 g/mol. The zero-order valence-electron chi connectivity index (χ0n) is 11.9. The van der Waals surface area contributed by atoms with Gasteiger partial charge >= 0.3 is 5.97 Å². The Kier molecular flexibility index (Phi) is 5.24. The lowest BCUT2D eigenvalue weighted by Crippen LogP contribution is -2.25. The molecular weight excluding hydrogens is 256 g/mol. The minimum Gasteiger partial charge on any atom is -0.490 e. The van der Waals surface area contributed by atoms with E-state index in [1.807, 2.05) is 0 Å². The summed E-state index contributed by atoms with van der Waals surface area (Å²) in [6.07, 6.45) is 2.53. The second kappa shape index (κ2) is 7.14. The number of hydrogen-bond donors (Lipinski definition) is 1. The number of hydrogen-bond acceptors (Lipinski definition) is 5. The number of para-hydroxylation sites is 1. The van der Waals surface area contributed by atoms with Crippen LogP contribution in [0.4, 0.5) is 5.69 Å². The predicted octanol–water partition coefficient (Wildman–Crippen LogP) is 1.92. The lowest BCUT2D eigenvalue weighted by atomic mass is 10.1. The van der Waals surface area contributed by atoms with E-state index in [-0.39, 0.29) is 0 Å². The predicted molar refractivity (Wildman–Crippen MR) is 78.0 cm³/mol. The summed E-state index contributed by atoms with van der Waals surface area (Å²) < 4.78 is 10.7. The molecule has 0 aliphatic carbocycles. The van der Waals surface area contributed by atoms with E-state index in [9.17, 15) is 4.79 Å². The van der Waals surface area contributed by atoms with Crippen LogP contribution in [0.25, 0.3) is 0 Å². The molecule has 20 heavy (non-hydrogen) atoms. The van der Waals surface area contributed by atoms with Crippen LogP contribution < -0.4 is 10.5 Å². The summed E-state index contributed by atoms with van der Waals surface area (Å²) in [7, 11) is 0. The van der Waals surface area contributed by atoms with Crippen LogP contribution in [0.15, 0.2) is 18.2 Å². The molecule has 1 aliphatic heterocycles. The molecule has 1 aromatic rings. The van der Waals surface area contributed by atoms with Crippen molar-refractivity contribution >= 4 is 11.7 Å². The largest absolute Gasteiger partial charge is 0.490 e. The minimum atomic E-state index is -0.407. The van der Waals surface area contributed by atoms with E-state index in [1.165, 1.54) is 12.8 Å². The van der Waals surface area contributed by atoms with E-state index < -0.39 is 5.97 Å². The number of carbonyl (C=O) groups is 1. The van der Waals surface area contributed by atoms with Crippen molar-refractivity contribution in [1.82, 2.24) is 4.90 Å². The van der Waals surface area contributed by atoms with Gasteiger partial charge in [0.25, 0.3) is 0 Å². The van der Waals surface area contributed by atoms with E-state index in [2.05, 4.69) is 4.90 Å². The van der Waals surface area contributed by atoms with E-state index in [1.54, 1.807) is 25.1 Å². The van der Waals surface area contributed by atoms with Crippen molar-refractivity contribution in [1.29, 1.82) is 0 Å². The first-order valence-electron chi connectivity index (χ1n) is 7.13. The Labute approximate surface area is 119 Å². The van der Waals surface area contributed by atoms with Crippen molar-refractivity contribution in [2.24, 2.45) is 0 Å². The number of nitrogen functional groups attached to an aromatic ring is 1. The number of carbonyl (C=O) groups excluding carboxylic acids is 1. The quantitative estimate of drug-likeness (QED) is 0.636. The molecule has 0 saturated carbocycles. The fourth-order valence-corrected chi connectivity index (χ4v) is 2.35.